The summed E-state index contributed by atoms with van der Waals surface area (Å²) >= 11 is 6.91. The van der Waals surface area contributed by atoms with Crippen LogP contribution in [0.1, 0.15) is 23.6 Å². The average molecular weight is 512 g/mol. The number of aryl methyl sites for hydroxylation is 1. The number of thioether (sulfide) groups is 1. The topological polar surface area (TPSA) is 47.4 Å². The van der Waals surface area contributed by atoms with Crippen LogP contribution < -0.4 is 4.74 Å². The first-order chi connectivity index (χ1) is 17.5. The molecule has 0 radical (unpaired) electrons. The third kappa shape index (κ3) is 5.12. The van der Waals surface area contributed by atoms with Crippen molar-refractivity contribution in [3.8, 4) is 22.7 Å². The Balaban J connectivity index is 1.52. The molecule has 0 unspecified atom stereocenters. The molecule has 180 valence electrons. The number of hydrogen-bond acceptors (Lipinski definition) is 5. The van der Waals surface area contributed by atoms with E-state index in [1.165, 1.54) is 17.3 Å². The van der Waals surface area contributed by atoms with Crippen LogP contribution in [0.4, 0.5) is 0 Å². The maximum Gasteiger partial charge on any atom is 0.266 e. The second-order valence-electron chi connectivity index (χ2n) is 8.43. The van der Waals surface area contributed by atoms with Crippen molar-refractivity contribution < 1.29 is 9.53 Å². The number of para-hydroxylation sites is 1. The van der Waals surface area contributed by atoms with Gasteiger partial charge in [0.25, 0.3) is 5.91 Å². The summed E-state index contributed by atoms with van der Waals surface area (Å²) in [6.07, 6.45) is 3.84. The number of benzene rings is 3. The molecule has 1 saturated heterocycles. The standard InChI is InChI=1S/C29H25N3O2S2/c1-3-34-25-11-7-8-22(16-25)27-23(19-32(30-27)24-9-5-4-6-10-24)17-26-28(33)31(29(35)36-26)18-21-14-12-20(2)13-15-21/h4-17,19H,3,18H2,1-2H3/b26-17-. The molecule has 1 aromatic heterocycles. The quantitative estimate of drug-likeness (QED) is 0.205. The second kappa shape index (κ2) is 10.5. The van der Waals surface area contributed by atoms with Crippen molar-refractivity contribution in [3.63, 3.8) is 0 Å². The molecule has 0 atom stereocenters. The molecule has 5 rings (SSSR count). The summed E-state index contributed by atoms with van der Waals surface area (Å²) in [5.41, 5.74) is 5.68. The van der Waals surface area contributed by atoms with Crippen LogP contribution in [-0.4, -0.2) is 31.5 Å². The second-order valence-corrected chi connectivity index (χ2v) is 10.1. The number of rotatable bonds is 7. The summed E-state index contributed by atoms with van der Waals surface area (Å²) in [7, 11) is 0. The zero-order chi connectivity index (χ0) is 25.1. The van der Waals surface area contributed by atoms with Crippen molar-refractivity contribution in [2.45, 2.75) is 20.4 Å². The van der Waals surface area contributed by atoms with E-state index in [1.807, 2.05) is 110 Å². The molecule has 0 saturated carbocycles. The summed E-state index contributed by atoms with van der Waals surface area (Å²) < 4.78 is 8.10. The Kier molecular flexibility index (Phi) is 7.02. The summed E-state index contributed by atoms with van der Waals surface area (Å²) in [5, 5.41) is 4.88. The van der Waals surface area contributed by atoms with Crippen LogP contribution in [0, 0.1) is 6.92 Å². The van der Waals surface area contributed by atoms with Crippen molar-refractivity contribution in [1.29, 1.82) is 0 Å². The van der Waals surface area contributed by atoms with Gasteiger partial charge in [-0.05, 0) is 49.8 Å². The van der Waals surface area contributed by atoms with E-state index in [-0.39, 0.29) is 5.91 Å². The van der Waals surface area contributed by atoms with Crippen molar-refractivity contribution >= 4 is 40.3 Å². The highest BCUT2D eigenvalue weighted by molar-refractivity contribution is 8.26. The Morgan fingerprint density at radius 2 is 1.81 bits per heavy atom. The van der Waals surface area contributed by atoms with Gasteiger partial charge in [0.1, 0.15) is 15.8 Å². The van der Waals surface area contributed by atoms with E-state index in [9.17, 15) is 4.79 Å². The first kappa shape index (κ1) is 24.0. The normalized spacial score (nSPS) is 14.6. The molecule has 1 amide bonds. The predicted octanol–water partition coefficient (Wildman–Crippen LogP) is 6.65. The maximum absolute atomic E-state index is 13.4. The molecule has 3 aromatic carbocycles. The fourth-order valence-corrected chi connectivity index (χ4v) is 5.23. The molecule has 0 aliphatic carbocycles. The van der Waals surface area contributed by atoms with Gasteiger partial charge in [-0.1, -0.05) is 84.1 Å². The van der Waals surface area contributed by atoms with E-state index >= 15 is 0 Å². The van der Waals surface area contributed by atoms with Gasteiger partial charge in [-0.2, -0.15) is 5.10 Å². The van der Waals surface area contributed by atoms with Crippen LogP contribution in [0.3, 0.4) is 0 Å². The van der Waals surface area contributed by atoms with Crippen molar-refractivity contribution in [1.82, 2.24) is 14.7 Å². The molecule has 1 fully saturated rings. The predicted molar refractivity (Wildman–Crippen MR) is 150 cm³/mol. The molecule has 0 spiro atoms. The zero-order valence-corrected chi connectivity index (χ0v) is 21.7. The van der Waals surface area contributed by atoms with E-state index < -0.39 is 0 Å². The van der Waals surface area contributed by atoms with Crippen molar-refractivity contribution in [2.75, 3.05) is 6.61 Å². The van der Waals surface area contributed by atoms with E-state index in [1.54, 1.807) is 4.90 Å². The van der Waals surface area contributed by atoms with Gasteiger partial charge in [0.05, 0.1) is 23.7 Å². The van der Waals surface area contributed by atoms with Gasteiger partial charge in [-0.3, -0.25) is 9.69 Å². The Morgan fingerprint density at radius 3 is 2.56 bits per heavy atom. The first-order valence-corrected chi connectivity index (χ1v) is 12.9. The minimum absolute atomic E-state index is 0.0907. The van der Waals surface area contributed by atoms with Crippen LogP contribution in [0.5, 0.6) is 5.75 Å². The van der Waals surface area contributed by atoms with Gasteiger partial charge in [0, 0.05) is 17.3 Å². The van der Waals surface area contributed by atoms with Crippen LogP contribution in [-0.2, 0) is 11.3 Å². The number of carbonyl (C=O) groups is 1. The van der Waals surface area contributed by atoms with Gasteiger partial charge >= 0.3 is 0 Å². The van der Waals surface area contributed by atoms with Crippen LogP contribution >= 0.6 is 24.0 Å². The highest BCUT2D eigenvalue weighted by Gasteiger charge is 2.32. The van der Waals surface area contributed by atoms with E-state index in [0.717, 1.165) is 33.8 Å². The molecular weight excluding hydrogens is 486 g/mol. The number of carbonyl (C=O) groups excluding carboxylic acids is 1. The molecular formula is C29H25N3O2S2. The summed E-state index contributed by atoms with van der Waals surface area (Å²) in [5.74, 6) is 0.687. The molecule has 1 aliphatic heterocycles. The maximum atomic E-state index is 13.4. The van der Waals surface area contributed by atoms with Crippen molar-refractivity contribution in [2.24, 2.45) is 0 Å². The minimum atomic E-state index is -0.0907. The smallest absolute Gasteiger partial charge is 0.266 e. The first-order valence-electron chi connectivity index (χ1n) is 11.7. The Labute approximate surface area is 220 Å². The van der Waals surface area contributed by atoms with Crippen molar-refractivity contribution in [3.05, 3.63) is 107 Å². The van der Waals surface area contributed by atoms with Gasteiger partial charge in [0.15, 0.2) is 0 Å². The molecule has 1 aliphatic rings. The Morgan fingerprint density at radius 1 is 1.03 bits per heavy atom. The number of ether oxygens (including phenoxy) is 1. The van der Waals surface area contributed by atoms with Gasteiger partial charge in [0.2, 0.25) is 0 Å². The lowest BCUT2D eigenvalue weighted by Gasteiger charge is -2.14. The number of nitrogens with zero attached hydrogens (tertiary/aromatic N) is 3. The number of aromatic nitrogens is 2. The highest BCUT2D eigenvalue weighted by Crippen LogP contribution is 2.36. The lowest BCUT2D eigenvalue weighted by Crippen LogP contribution is -2.27. The molecule has 7 heteroatoms. The third-order valence-corrected chi connectivity index (χ3v) is 7.18. The number of amides is 1. The molecule has 4 aromatic rings. The van der Waals surface area contributed by atoms with Crippen LogP contribution in [0.15, 0.2) is 90.0 Å². The molecule has 36 heavy (non-hydrogen) atoms. The van der Waals surface area contributed by atoms with Crippen LogP contribution in [0.25, 0.3) is 23.0 Å². The molecule has 2 heterocycles. The summed E-state index contributed by atoms with van der Waals surface area (Å²) in [4.78, 5) is 15.6. The van der Waals surface area contributed by atoms with Gasteiger partial charge in [-0.15, -0.1) is 0 Å². The summed E-state index contributed by atoms with van der Waals surface area (Å²) in [6, 6.07) is 25.9. The van der Waals surface area contributed by atoms with E-state index in [2.05, 4.69) is 0 Å². The third-order valence-electron chi connectivity index (χ3n) is 5.80. The Hall–Kier alpha value is -3.68. The number of thiocarbonyl (C=S) groups is 1. The monoisotopic (exact) mass is 511 g/mol. The average Bonchev–Trinajstić information content (AvgIpc) is 3.43. The zero-order valence-electron chi connectivity index (χ0n) is 20.0. The van der Waals surface area contributed by atoms with E-state index in [4.69, 9.17) is 22.1 Å². The van der Waals surface area contributed by atoms with E-state index in [0.29, 0.717) is 22.4 Å². The number of hydrogen-bond donors (Lipinski definition) is 0. The fraction of sp³-hybridized carbons (Fsp3) is 0.138. The SMILES string of the molecule is CCOc1cccc(-c2nn(-c3ccccc3)cc2/C=C2\SC(=S)N(Cc3ccc(C)cc3)C2=O)c1. The largest absolute Gasteiger partial charge is 0.494 e. The van der Waals surface area contributed by atoms with Gasteiger partial charge in [-0.25, -0.2) is 4.68 Å². The highest BCUT2D eigenvalue weighted by atomic mass is 32.2. The molecule has 0 N–H and O–H groups in total. The van der Waals surface area contributed by atoms with Crippen LogP contribution in [0.2, 0.25) is 0 Å². The van der Waals surface area contributed by atoms with Gasteiger partial charge < -0.3 is 4.74 Å². The lowest BCUT2D eigenvalue weighted by atomic mass is 10.1. The fourth-order valence-electron chi connectivity index (χ4n) is 3.98. The Bertz CT molecular complexity index is 1440. The molecule has 5 nitrogen and oxygen atoms in total. The minimum Gasteiger partial charge on any atom is -0.494 e. The summed E-state index contributed by atoms with van der Waals surface area (Å²) in [6.45, 7) is 5.04. The lowest BCUT2D eigenvalue weighted by molar-refractivity contribution is -0.122. The molecule has 0 bridgehead atoms.